The van der Waals surface area contributed by atoms with Crippen molar-refractivity contribution in [2.75, 3.05) is 44.2 Å². The van der Waals surface area contributed by atoms with Crippen molar-refractivity contribution in [3.63, 3.8) is 0 Å². The fourth-order valence-corrected chi connectivity index (χ4v) is 3.89. The summed E-state index contributed by atoms with van der Waals surface area (Å²) < 4.78 is 18.7. The monoisotopic (exact) mass is 436 g/mol. The summed E-state index contributed by atoms with van der Waals surface area (Å²) in [7, 11) is 0. The molecule has 1 saturated heterocycles. The number of aryl methyl sites for hydroxylation is 2. The number of hydrogen-bond acceptors (Lipinski definition) is 5. The molecular formula is C25H29FN4O2. The predicted molar refractivity (Wildman–Crippen MR) is 123 cm³/mol. The van der Waals surface area contributed by atoms with E-state index in [2.05, 4.69) is 51.3 Å². The molecule has 1 aliphatic heterocycles. The number of benzene rings is 2. The van der Waals surface area contributed by atoms with E-state index in [0.717, 1.165) is 38.3 Å². The van der Waals surface area contributed by atoms with Crippen molar-refractivity contribution >= 4 is 11.6 Å². The van der Waals surface area contributed by atoms with E-state index in [1.807, 2.05) is 0 Å². The van der Waals surface area contributed by atoms with Crippen LogP contribution in [0.15, 0.2) is 59.1 Å². The molecular weight excluding hydrogens is 407 g/mol. The average Bonchev–Trinajstić information content (AvgIpc) is 3.28. The minimum absolute atomic E-state index is 0.00933. The number of carbonyl (C=O) groups is 1. The molecule has 3 aromatic rings. The number of hydrogen-bond donors (Lipinski definition) is 1. The Bertz CT molecular complexity index is 1030. The van der Waals surface area contributed by atoms with Gasteiger partial charge in [0.25, 0.3) is 0 Å². The van der Waals surface area contributed by atoms with Crippen LogP contribution in [0.1, 0.15) is 17.9 Å². The number of carbonyl (C=O) groups excluding carboxylic acids is 1. The number of amides is 1. The van der Waals surface area contributed by atoms with E-state index in [9.17, 15) is 9.18 Å². The average molecular weight is 437 g/mol. The van der Waals surface area contributed by atoms with Crippen LogP contribution in [0.25, 0.3) is 11.3 Å². The Labute approximate surface area is 188 Å². The highest BCUT2D eigenvalue weighted by molar-refractivity contribution is 5.76. The SMILES string of the molecule is Cc1cccc(N2CCN(CCNC(=O)CCc3ncc(-c4ccc(F)cc4)o3)CC2)c1. The zero-order valence-electron chi connectivity index (χ0n) is 18.4. The van der Waals surface area contributed by atoms with Crippen LogP contribution in [-0.2, 0) is 11.2 Å². The highest BCUT2D eigenvalue weighted by atomic mass is 19.1. The zero-order valence-corrected chi connectivity index (χ0v) is 18.4. The number of halogens is 1. The van der Waals surface area contributed by atoms with Crippen LogP contribution in [0.4, 0.5) is 10.1 Å². The Hall–Kier alpha value is -3.19. The molecule has 1 amide bonds. The lowest BCUT2D eigenvalue weighted by Gasteiger charge is -2.36. The maximum atomic E-state index is 13.0. The van der Waals surface area contributed by atoms with Crippen molar-refractivity contribution in [3.8, 4) is 11.3 Å². The molecule has 1 fully saturated rings. The van der Waals surface area contributed by atoms with Gasteiger partial charge in [-0.1, -0.05) is 12.1 Å². The Morgan fingerprint density at radius 3 is 2.66 bits per heavy atom. The summed E-state index contributed by atoms with van der Waals surface area (Å²) in [5.74, 6) is 0.778. The Morgan fingerprint density at radius 2 is 1.91 bits per heavy atom. The normalized spacial score (nSPS) is 14.5. The maximum absolute atomic E-state index is 13.0. The summed E-state index contributed by atoms with van der Waals surface area (Å²) in [4.78, 5) is 21.2. The van der Waals surface area contributed by atoms with E-state index in [-0.39, 0.29) is 11.7 Å². The third-order valence-electron chi connectivity index (χ3n) is 5.74. The standard InChI is InChI=1S/C25H29FN4O2/c1-19-3-2-4-22(17-19)30-15-13-29(14-16-30)12-11-27-24(31)9-10-25-28-18-23(32-25)20-5-7-21(26)8-6-20/h2-8,17-18H,9-16H2,1H3,(H,27,31). The van der Waals surface area contributed by atoms with Crippen molar-refractivity contribution < 1.29 is 13.6 Å². The third kappa shape index (κ3) is 5.95. The molecule has 32 heavy (non-hydrogen) atoms. The molecule has 6 nitrogen and oxygen atoms in total. The first-order chi connectivity index (χ1) is 15.6. The van der Waals surface area contributed by atoms with Gasteiger partial charge < -0.3 is 14.6 Å². The van der Waals surface area contributed by atoms with Crippen molar-refractivity contribution in [1.29, 1.82) is 0 Å². The molecule has 0 atom stereocenters. The first-order valence-corrected chi connectivity index (χ1v) is 11.1. The van der Waals surface area contributed by atoms with Gasteiger partial charge in [0.05, 0.1) is 6.20 Å². The van der Waals surface area contributed by atoms with Crippen molar-refractivity contribution in [2.24, 2.45) is 0 Å². The van der Waals surface area contributed by atoms with Gasteiger partial charge in [-0.3, -0.25) is 9.69 Å². The molecule has 0 bridgehead atoms. The number of nitrogens with zero attached hydrogens (tertiary/aromatic N) is 3. The molecule has 1 N–H and O–H groups in total. The van der Waals surface area contributed by atoms with Crippen LogP contribution in [-0.4, -0.2) is 55.1 Å². The summed E-state index contributed by atoms with van der Waals surface area (Å²) in [6.07, 6.45) is 2.36. The first-order valence-electron chi connectivity index (χ1n) is 11.1. The molecule has 7 heteroatoms. The molecule has 2 heterocycles. The number of nitrogens with one attached hydrogen (secondary N) is 1. The van der Waals surface area contributed by atoms with E-state index in [4.69, 9.17) is 4.42 Å². The van der Waals surface area contributed by atoms with Crippen molar-refractivity contribution in [1.82, 2.24) is 15.2 Å². The van der Waals surface area contributed by atoms with Gasteiger partial charge in [0.1, 0.15) is 5.82 Å². The van der Waals surface area contributed by atoms with Gasteiger partial charge in [0.2, 0.25) is 5.91 Å². The second kappa shape index (κ2) is 10.4. The predicted octanol–water partition coefficient (Wildman–Crippen LogP) is 3.66. The molecule has 1 aromatic heterocycles. The molecule has 168 valence electrons. The Morgan fingerprint density at radius 1 is 1.12 bits per heavy atom. The van der Waals surface area contributed by atoms with Gasteiger partial charge in [0, 0.05) is 63.4 Å². The smallest absolute Gasteiger partial charge is 0.220 e. The number of aromatic nitrogens is 1. The van der Waals surface area contributed by atoms with Gasteiger partial charge in [0.15, 0.2) is 11.7 Å². The molecule has 0 saturated carbocycles. The highest BCUT2D eigenvalue weighted by Gasteiger charge is 2.17. The molecule has 1 aliphatic rings. The largest absolute Gasteiger partial charge is 0.441 e. The summed E-state index contributed by atoms with van der Waals surface area (Å²) >= 11 is 0. The van der Waals surface area contributed by atoms with Gasteiger partial charge >= 0.3 is 0 Å². The lowest BCUT2D eigenvalue weighted by atomic mass is 10.2. The summed E-state index contributed by atoms with van der Waals surface area (Å²) in [6, 6.07) is 14.7. The minimum Gasteiger partial charge on any atom is -0.441 e. The Balaban J connectivity index is 1.14. The number of oxazole rings is 1. The molecule has 2 aromatic carbocycles. The Kier molecular flexibility index (Phi) is 7.17. The van der Waals surface area contributed by atoms with Crippen LogP contribution in [0.2, 0.25) is 0 Å². The fourth-order valence-electron chi connectivity index (χ4n) is 3.89. The van der Waals surface area contributed by atoms with Gasteiger partial charge in [-0.2, -0.15) is 0 Å². The second-order valence-electron chi connectivity index (χ2n) is 8.14. The van der Waals surface area contributed by atoms with E-state index in [1.165, 1.54) is 23.4 Å². The first kappa shape index (κ1) is 22.0. The van der Waals surface area contributed by atoms with Crippen LogP contribution < -0.4 is 10.2 Å². The van der Waals surface area contributed by atoms with E-state index in [0.29, 0.717) is 31.0 Å². The lowest BCUT2D eigenvalue weighted by molar-refractivity contribution is -0.121. The van der Waals surface area contributed by atoms with E-state index in [1.54, 1.807) is 18.3 Å². The summed E-state index contributed by atoms with van der Waals surface area (Å²) in [5.41, 5.74) is 3.33. The number of rotatable bonds is 8. The van der Waals surface area contributed by atoms with Crippen LogP contribution in [0.5, 0.6) is 0 Å². The van der Waals surface area contributed by atoms with Gasteiger partial charge in [-0.05, 0) is 48.9 Å². The van der Waals surface area contributed by atoms with Gasteiger partial charge in [-0.15, -0.1) is 0 Å². The second-order valence-corrected chi connectivity index (χ2v) is 8.14. The van der Waals surface area contributed by atoms with Crippen LogP contribution in [0, 0.1) is 12.7 Å². The molecule has 0 aliphatic carbocycles. The number of anilines is 1. The van der Waals surface area contributed by atoms with Crippen LogP contribution in [0.3, 0.4) is 0 Å². The third-order valence-corrected chi connectivity index (χ3v) is 5.74. The summed E-state index contributed by atoms with van der Waals surface area (Å²) in [6.45, 7) is 7.58. The van der Waals surface area contributed by atoms with E-state index < -0.39 is 0 Å². The summed E-state index contributed by atoms with van der Waals surface area (Å²) in [5, 5.41) is 2.99. The van der Waals surface area contributed by atoms with Crippen molar-refractivity contribution in [2.45, 2.75) is 19.8 Å². The fraction of sp³-hybridized carbons (Fsp3) is 0.360. The molecule has 0 spiro atoms. The van der Waals surface area contributed by atoms with Crippen molar-refractivity contribution in [3.05, 3.63) is 72.0 Å². The molecule has 0 unspecified atom stereocenters. The number of piperazine rings is 1. The zero-order chi connectivity index (χ0) is 22.3. The molecule has 4 rings (SSSR count). The lowest BCUT2D eigenvalue weighted by Crippen LogP contribution is -2.48. The quantitative estimate of drug-likeness (QED) is 0.584. The van der Waals surface area contributed by atoms with Crippen LogP contribution >= 0.6 is 0 Å². The van der Waals surface area contributed by atoms with Gasteiger partial charge in [-0.25, -0.2) is 9.37 Å². The maximum Gasteiger partial charge on any atom is 0.220 e. The van der Waals surface area contributed by atoms with E-state index >= 15 is 0 Å². The molecule has 0 radical (unpaired) electrons. The highest BCUT2D eigenvalue weighted by Crippen LogP contribution is 2.21. The topological polar surface area (TPSA) is 61.6 Å². The minimum atomic E-state index is -0.293.